The van der Waals surface area contributed by atoms with E-state index in [0.29, 0.717) is 22.0 Å². The summed E-state index contributed by atoms with van der Waals surface area (Å²) in [6, 6.07) is 17.3. The van der Waals surface area contributed by atoms with Crippen LogP contribution in [0, 0.1) is 17.0 Å². The Bertz CT molecular complexity index is 1210. The molecule has 1 heterocycles. The number of aryl methyl sites for hydroxylation is 1. The van der Waals surface area contributed by atoms with Crippen molar-refractivity contribution in [2.24, 2.45) is 0 Å². The van der Waals surface area contributed by atoms with Crippen LogP contribution in [0.1, 0.15) is 5.56 Å². The zero-order chi connectivity index (χ0) is 19.7. The van der Waals surface area contributed by atoms with Gasteiger partial charge in [-0.3, -0.25) is 15.1 Å². The summed E-state index contributed by atoms with van der Waals surface area (Å²) in [7, 11) is 0. The van der Waals surface area contributed by atoms with E-state index >= 15 is 0 Å². The summed E-state index contributed by atoms with van der Waals surface area (Å²) >= 11 is 6.02. The fourth-order valence-electron chi connectivity index (χ4n) is 2.81. The van der Waals surface area contributed by atoms with E-state index in [0.717, 1.165) is 16.6 Å². The van der Waals surface area contributed by atoms with Gasteiger partial charge in [0.05, 0.1) is 27.8 Å². The summed E-state index contributed by atoms with van der Waals surface area (Å²) in [5.41, 5.74) is 3.30. The molecule has 3 aromatic carbocycles. The fraction of sp³-hybridized carbons (Fsp3) is 0.0476. The Kier molecular flexibility index (Phi) is 4.63. The molecule has 0 spiro atoms. The number of nitro groups is 1. The molecule has 0 bridgehead atoms. The van der Waals surface area contributed by atoms with Gasteiger partial charge in [0.2, 0.25) is 5.75 Å². The molecule has 1 aromatic heterocycles. The van der Waals surface area contributed by atoms with E-state index in [2.05, 4.69) is 9.97 Å². The molecule has 0 aliphatic carbocycles. The van der Waals surface area contributed by atoms with Gasteiger partial charge in [0.1, 0.15) is 5.75 Å². The zero-order valence-electron chi connectivity index (χ0n) is 14.8. The van der Waals surface area contributed by atoms with Crippen LogP contribution in [-0.2, 0) is 0 Å². The molecular formula is C21H14ClN3O3. The molecular weight excluding hydrogens is 378 g/mol. The average Bonchev–Trinajstić information content (AvgIpc) is 2.70. The molecule has 0 atom stereocenters. The van der Waals surface area contributed by atoms with Gasteiger partial charge >= 0.3 is 5.69 Å². The molecule has 28 heavy (non-hydrogen) atoms. The van der Waals surface area contributed by atoms with E-state index in [1.165, 1.54) is 6.07 Å². The summed E-state index contributed by atoms with van der Waals surface area (Å²) in [4.78, 5) is 20.0. The smallest absolute Gasteiger partial charge is 0.312 e. The molecule has 4 aromatic rings. The highest BCUT2D eigenvalue weighted by atomic mass is 35.5. The molecule has 0 saturated carbocycles. The lowest BCUT2D eigenvalue weighted by molar-refractivity contribution is -0.385. The maximum absolute atomic E-state index is 11.6. The van der Waals surface area contributed by atoms with Crippen LogP contribution >= 0.6 is 11.6 Å². The highest BCUT2D eigenvalue weighted by Crippen LogP contribution is 2.35. The molecule has 4 rings (SSSR count). The molecule has 0 saturated heterocycles. The Morgan fingerprint density at radius 1 is 1.04 bits per heavy atom. The second-order valence-corrected chi connectivity index (χ2v) is 6.60. The van der Waals surface area contributed by atoms with Gasteiger partial charge in [-0.15, -0.1) is 0 Å². The van der Waals surface area contributed by atoms with Gasteiger partial charge in [-0.05, 0) is 55.0 Å². The first-order chi connectivity index (χ1) is 13.5. The molecule has 0 aliphatic heterocycles. The van der Waals surface area contributed by atoms with E-state index in [4.69, 9.17) is 16.3 Å². The third-order valence-corrected chi connectivity index (χ3v) is 4.68. The molecule has 0 unspecified atom stereocenters. The number of halogens is 1. The normalized spacial score (nSPS) is 10.8. The number of hydrogen-bond acceptors (Lipinski definition) is 5. The lowest BCUT2D eigenvalue weighted by atomic mass is 10.1. The van der Waals surface area contributed by atoms with Crippen molar-refractivity contribution in [2.45, 2.75) is 6.92 Å². The van der Waals surface area contributed by atoms with Crippen molar-refractivity contribution in [3.63, 3.8) is 0 Å². The van der Waals surface area contributed by atoms with Crippen molar-refractivity contribution in [1.82, 2.24) is 9.97 Å². The number of nitro benzene ring substituents is 1. The van der Waals surface area contributed by atoms with E-state index < -0.39 is 4.92 Å². The molecule has 0 fully saturated rings. The summed E-state index contributed by atoms with van der Waals surface area (Å²) in [5.74, 6) is 0.618. The van der Waals surface area contributed by atoms with Crippen LogP contribution < -0.4 is 4.74 Å². The van der Waals surface area contributed by atoms with Crippen LogP contribution in [0.3, 0.4) is 0 Å². The average molecular weight is 392 g/mol. The lowest BCUT2D eigenvalue weighted by Crippen LogP contribution is -1.95. The van der Waals surface area contributed by atoms with E-state index in [1.54, 1.807) is 36.5 Å². The van der Waals surface area contributed by atoms with Crippen LogP contribution in [0.5, 0.6) is 11.5 Å². The Morgan fingerprint density at radius 2 is 1.82 bits per heavy atom. The van der Waals surface area contributed by atoms with Gasteiger partial charge < -0.3 is 4.74 Å². The SMILES string of the molecule is Cc1cc(Oc2ccc(-c3cnc4ccccc4n3)cc2[N+](=O)[O-])ccc1Cl. The minimum atomic E-state index is -0.476. The van der Waals surface area contributed by atoms with Crippen molar-refractivity contribution in [3.05, 3.63) is 87.6 Å². The maximum atomic E-state index is 11.6. The lowest BCUT2D eigenvalue weighted by Gasteiger charge is -2.09. The first-order valence-corrected chi connectivity index (χ1v) is 8.84. The highest BCUT2D eigenvalue weighted by Gasteiger charge is 2.18. The zero-order valence-corrected chi connectivity index (χ0v) is 15.6. The van der Waals surface area contributed by atoms with Gasteiger partial charge in [-0.1, -0.05) is 23.7 Å². The predicted octanol–water partition coefficient (Wildman–Crippen LogP) is 5.96. The van der Waals surface area contributed by atoms with Gasteiger partial charge in [-0.2, -0.15) is 0 Å². The second kappa shape index (κ2) is 7.25. The quantitative estimate of drug-likeness (QED) is 0.317. The number of nitrogens with zero attached hydrogens (tertiary/aromatic N) is 3. The van der Waals surface area contributed by atoms with E-state index in [9.17, 15) is 10.1 Å². The standard InChI is InChI=1S/C21H14ClN3O3/c1-13-10-15(7-8-16(13)22)28-21-9-6-14(11-20(21)25(26)27)19-12-23-17-4-2-3-5-18(17)24-19/h2-12H,1H3. The largest absolute Gasteiger partial charge is 0.450 e. The Hall–Kier alpha value is -3.51. The van der Waals surface area contributed by atoms with Crippen LogP contribution in [0.4, 0.5) is 5.69 Å². The van der Waals surface area contributed by atoms with E-state index in [-0.39, 0.29) is 11.4 Å². The van der Waals surface area contributed by atoms with E-state index in [1.807, 2.05) is 31.2 Å². The van der Waals surface area contributed by atoms with Crippen LogP contribution in [0.15, 0.2) is 66.9 Å². The monoisotopic (exact) mass is 391 g/mol. The highest BCUT2D eigenvalue weighted by molar-refractivity contribution is 6.31. The molecule has 0 N–H and O–H groups in total. The predicted molar refractivity (Wildman–Crippen MR) is 108 cm³/mol. The number of rotatable bonds is 4. The van der Waals surface area contributed by atoms with Gasteiger partial charge in [-0.25, -0.2) is 4.98 Å². The Morgan fingerprint density at radius 3 is 2.57 bits per heavy atom. The third kappa shape index (κ3) is 3.50. The van der Waals surface area contributed by atoms with Crippen molar-refractivity contribution < 1.29 is 9.66 Å². The fourth-order valence-corrected chi connectivity index (χ4v) is 2.93. The number of ether oxygens (including phenoxy) is 1. The minimum absolute atomic E-state index is 0.143. The molecule has 0 aliphatic rings. The van der Waals surface area contributed by atoms with Gasteiger partial charge in [0.15, 0.2) is 0 Å². The van der Waals surface area contributed by atoms with Crippen molar-refractivity contribution in [3.8, 4) is 22.8 Å². The van der Waals surface area contributed by atoms with Crippen LogP contribution in [0.2, 0.25) is 5.02 Å². The number of fused-ring (bicyclic) bond motifs is 1. The van der Waals surface area contributed by atoms with Gasteiger partial charge in [0, 0.05) is 16.7 Å². The van der Waals surface area contributed by atoms with Crippen molar-refractivity contribution in [2.75, 3.05) is 0 Å². The third-order valence-electron chi connectivity index (χ3n) is 4.26. The number of hydrogen-bond donors (Lipinski definition) is 0. The summed E-state index contributed by atoms with van der Waals surface area (Å²) in [5, 5.41) is 12.2. The summed E-state index contributed by atoms with van der Waals surface area (Å²) in [6.07, 6.45) is 1.60. The van der Waals surface area contributed by atoms with Crippen molar-refractivity contribution >= 4 is 28.3 Å². The molecule has 0 radical (unpaired) electrons. The van der Waals surface area contributed by atoms with Crippen LogP contribution in [-0.4, -0.2) is 14.9 Å². The molecule has 138 valence electrons. The minimum Gasteiger partial charge on any atom is -0.450 e. The molecule has 0 amide bonds. The maximum Gasteiger partial charge on any atom is 0.312 e. The molecule has 6 nitrogen and oxygen atoms in total. The van der Waals surface area contributed by atoms with Crippen molar-refractivity contribution in [1.29, 1.82) is 0 Å². The number of para-hydroxylation sites is 2. The Balaban J connectivity index is 1.73. The summed E-state index contributed by atoms with van der Waals surface area (Å²) in [6.45, 7) is 1.84. The van der Waals surface area contributed by atoms with Gasteiger partial charge in [0.25, 0.3) is 0 Å². The molecule has 7 heteroatoms. The number of benzene rings is 3. The van der Waals surface area contributed by atoms with Crippen LogP contribution in [0.25, 0.3) is 22.3 Å². The first kappa shape index (κ1) is 17.9. The topological polar surface area (TPSA) is 78.2 Å². The Labute approximate surface area is 165 Å². The second-order valence-electron chi connectivity index (χ2n) is 6.20. The first-order valence-electron chi connectivity index (χ1n) is 8.46. The summed E-state index contributed by atoms with van der Waals surface area (Å²) < 4.78 is 5.73. The number of aromatic nitrogens is 2.